The van der Waals surface area contributed by atoms with Crippen molar-refractivity contribution in [3.63, 3.8) is 0 Å². The molecule has 0 radical (unpaired) electrons. The summed E-state index contributed by atoms with van der Waals surface area (Å²) in [6.45, 7) is 9.66. The number of H-pyrrole nitrogens is 1. The minimum atomic E-state index is -0.614. The van der Waals surface area contributed by atoms with E-state index in [-0.39, 0.29) is 0 Å². The van der Waals surface area contributed by atoms with Crippen molar-refractivity contribution in [2.24, 2.45) is 0 Å². The first-order valence-corrected chi connectivity index (χ1v) is 12.2. The molecule has 0 spiro atoms. The van der Waals surface area contributed by atoms with Crippen LogP contribution >= 0.6 is 11.8 Å². The predicted molar refractivity (Wildman–Crippen MR) is 134 cm³/mol. The molecule has 1 unspecified atom stereocenters. The van der Waals surface area contributed by atoms with E-state index >= 15 is 0 Å². The Morgan fingerprint density at radius 3 is 2.74 bits per heavy atom. The molecule has 0 saturated carbocycles. The molecule has 4 rings (SSSR count). The lowest BCUT2D eigenvalue weighted by atomic mass is 10.1. The van der Waals surface area contributed by atoms with E-state index in [0.29, 0.717) is 17.5 Å². The number of aromatic nitrogens is 3. The second-order valence-corrected chi connectivity index (χ2v) is 10.3. The number of fused-ring (bicyclic) bond motifs is 1. The molecule has 4 aromatic rings. The number of alkyl carbamates (subject to hydrolysis) is 1. The molecule has 1 amide bonds. The Morgan fingerprint density at radius 1 is 1.15 bits per heavy atom. The van der Waals surface area contributed by atoms with E-state index < -0.39 is 17.7 Å². The van der Waals surface area contributed by atoms with Gasteiger partial charge >= 0.3 is 6.09 Å². The molecule has 8 heteroatoms. The first kappa shape index (κ1) is 23.9. The molecule has 0 aliphatic heterocycles. The number of amides is 1. The van der Waals surface area contributed by atoms with E-state index in [1.807, 2.05) is 51.2 Å². The summed E-state index contributed by atoms with van der Waals surface area (Å²) in [4.78, 5) is 15.9. The standard InChI is InChI=1S/C26H30N4O3S/c1-16-10-11-17(2)19(12-16)15-34-25-30-29-23(32-25)22(28-24(31)33-26(3,4)5)13-18-14-27-21-9-7-6-8-20(18)21/h6-12,14,22,27H,13,15H2,1-5H3,(H,28,31). The lowest BCUT2D eigenvalue weighted by molar-refractivity contribution is 0.0494. The molecule has 178 valence electrons. The van der Waals surface area contributed by atoms with Crippen LogP contribution in [0.2, 0.25) is 0 Å². The van der Waals surface area contributed by atoms with Crippen LogP contribution in [-0.4, -0.2) is 26.9 Å². The van der Waals surface area contributed by atoms with Crippen LogP contribution in [0.1, 0.15) is 55.0 Å². The number of hydrogen-bond donors (Lipinski definition) is 2. The minimum absolute atomic E-state index is 0.347. The number of aryl methyl sites for hydroxylation is 2. The zero-order valence-corrected chi connectivity index (χ0v) is 21.0. The SMILES string of the molecule is Cc1ccc(C)c(CSc2nnc(C(Cc3c[nH]c4ccccc34)NC(=O)OC(C)(C)C)o2)c1. The molecule has 2 heterocycles. The third kappa shape index (κ3) is 5.99. The lowest BCUT2D eigenvalue weighted by Crippen LogP contribution is -2.36. The zero-order valence-electron chi connectivity index (χ0n) is 20.1. The molecule has 0 fully saturated rings. The van der Waals surface area contributed by atoms with E-state index in [4.69, 9.17) is 9.15 Å². The van der Waals surface area contributed by atoms with Crippen LogP contribution in [0.15, 0.2) is 58.3 Å². The van der Waals surface area contributed by atoms with E-state index in [9.17, 15) is 4.79 Å². The van der Waals surface area contributed by atoms with E-state index in [0.717, 1.165) is 22.2 Å². The highest BCUT2D eigenvalue weighted by Crippen LogP contribution is 2.28. The van der Waals surface area contributed by atoms with Gasteiger partial charge in [0.2, 0.25) is 5.89 Å². The summed E-state index contributed by atoms with van der Waals surface area (Å²) < 4.78 is 11.5. The maximum atomic E-state index is 12.6. The number of thioether (sulfide) groups is 1. The highest BCUT2D eigenvalue weighted by Gasteiger charge is 2.26. The number of carbonyl (C=O) groups is 1. The van der Waals surface area contributed by atoms with Crippen LogP contribution < -0.4 is 5.32 Å². The Balaban J connectivity index is 1.54. The fraction of sp³-hybridized carbons (Fsp3) is 0.346. The molecule has 0 aliphatic rings. The van der Waals surface area contributed by atoms with Crippen LogP contribution in [-0.2, 0) is 16.9 Å². The van der Waals surface area contributed by atoms with Gasteiger partial charge in [-0.3, -0.25) is 0 Å². The number of hydrogen-bond acceptors (Lipinski definition) is 6. The van der Waals surface area contributed by atoms with Crippen molar-refractivity contribution in [1.82, 2.24) is 20.5 Å². The molecule has 2 aromatic carbocycles. The summed E-state index contributed by atoms with van der Waals surface area (Å²) in [5, 5.41) is 13.0. The highest BCUT2D eigenvalue weighted by atomic mass is 32.2. The summed E-state index contributed by atoms with van der Waals surface area (Å²) in [7, 11) is 0. The van der Waals surface area contributed by atoms with Gasteiger partial charge in [0.1, 0.15) is 11.6 Å². The minimum Gasteiger partial charge on any atom is -0.444 e. The molecule has 34 heavy (non-hydrogen) atoms. The van der Waals surface area contributed by atoms with Crippen molar-refractivity contribution in [2.75, 3.05) is 0 Å². The van der Waals surface area contributed by atoms with Gasteiger partial charge in [-0.25, -0.2) is 4.79 Å². The molecule has 0 saturated heterocycles. The number of para-hydroxylation sites is 1. The number of ether oxygens (including phenoxy) is 1. The second-order valence-electron chi connectivity index (χ2n) is 9.39. The number of carbonyl (C=O) groups excluding carboxylic acids is 1. The first-order chi connectivity index (χ1) is 16.2. The van der Waals surface area contributed by atoms with Gasteiger partial charge in [0.15, 0.2) is 0 Å². The Bertz CT molecular complexity index is 1290. The van der Waals surface area contributed by atoms with E-state index in [1.54, 1.807) is 0 Å². The van der Waals surface area contributed by atoms with Crippen molar-refractivity contribution in [3.05, 3.63) is 76.8 Å². The Kier molecular flexibility index (Phi) is 6.97. The van der Waals surface area contributed by atoms with E-state index in [1.165, 1.54) is 28.5 Å². The second kappa shape index (κ2) is 9.93. The average Bonchev–Trinajstić information content (AvgIpc) is 3.40. The van der Waals surface area contributed by atoms with Crippen molar-refractivity contribution in [3.8, 4) is 0 Å². The zero-order chi connectivity index (χ0) is 24.3. The molecule has 2 aromatic heterocycles. The number of nitrogens with zero attached hydrogens (tertiary/aromatic N) is 2. The topological polar surface area (TPSA) is 93.0 Å². The van der Waals surface area contributed by atoms with Crippen LogP contribution in [0.3, 0.4) is 0 Å². The van der Waals surface area contributed by atoms with E-state index in [2.05, 4.69) is 52.5 Å². The van der Waals surface area contributed by atoms with Gasteiger partial charge in [0, 0.05) is 29.3 Å². The summed E-state index contributed by atoms with van der Waals surface area (Å²) in [5.74, 6) is 1.07. The average molecular weight is 479 g/mol. The molecule has 7 nitrogen and oxygen atoms in total. The fourth-order valence-electron chi connectivity index (χ4n) is 3.69. The largest absolute Gasteiger partial charge is 0.444 e. The fourth-order valence-corrected chi connectivity index (χ4v) is 4.52. The Hall–Kier alpha value is -3.26. The molecular weight excluding hydrogens is 448 g/mol. The van der Waals surface area contributed by atoms with Crippen molar-refractivity contribution in [1.29, 1.82) is 0 Å². The monoisotopic (exact) mass is 478 g/mol. The third-order valence-corrected chi connectivity index (χ3v) is 6.23. The molecule has 0 aliphatic carbocycles. The first-order valence-electron chi connectivity index (χ1n) is 11.2. The molecule has 2 N–H and O–H groups in total. The predicted octanol–water partition coefficient (Wildman–Crippen LogP) is 6.27. The molecule has 1 atom stereocenters. The summed E-state index contributed by atoms with van der Waals surface area (Å²) >= 11 is 1.48. The highest BCUT2D eigenvalue weighted by molar-refractivity contribution is 7.98. The van der Waals surface area contributed by atoms with Crippen molar-refractivity contribution in [2.45, 2.75) is 63.7 Å². The quantitative estimate of drug-likeness (QED) is 0.304. The van der Waals surface area contributed by atoms with Gasteiger partial charge in [-0.2, -0.15) is 0 Å². The molecular formula is C26H30N4O3S. The maximum Gasteiger partial charge on any atom is 0.408 e. The van der Waals surface area contributed by atoms with Crippen LogP contribution in [0.4, 0.5) is 4.79 Å². The van der Waals surface area contributed by atoms with Gasteiger partial charge in [-0.15, -0.1) is 10.2 Å². The number of aromatic amines is 1. The van der Waals surface area contributed by atoms with Crippen LogP contribution in [0.5, 0.6) is 0 Å². The van der Waals surface area contributed by atoms with Gasteiger partial charge in [-0.1, -0.05) is 53.7 Å². The van der Waals surface area contributed by atoms with Crippen molar-refractivity contribution < 1.29 is 13.9 Å². The summed E-state index contributed by atoms with van der Waals surface area (Å²) in [6.07, 6.45) is 1.90. The van der Waals surface area contributed by atoms with Gasteiger partial charge in [0.05, 0.1) is 0 Å². The summed E-state index contributed by atoms with van der Waals surface area (Å²) in [6, 6.07) is 13.9. The van der Waals surface area contributed by atoms with Crippen LogP contribution in [0.25, 0.3) is 10.9 Å². The van der Waals surface area contributed by atoms with Gasteiger partial charge in [0.25, 0.3) is 5.22 Å². The Morgan fingerprint density at radius 2 is 1.94 bits per heavy atom. The smallest absolute Gasteiger partial charge is 0.408 e. The number of rotatable bonds is 7. The third-order valence-electron chi connectivity index (χ3n) is 5.37. The van der Waals surface area contributed by atoms with Gasteiger partial charge < -0.3 is 19.5 Å². The lowest BCUT2D eigenvalue weighted by Gasteiger charge is -2.22. The maximum absolute atomic E-state index is 12.6. The summed E-state index contributed by atoms with van der Waals surface area (Å²) in [5.41, 5.74) is 5.13. The normalized spacial score (nSPS) is 12.6. The number of nitrogens with one attached hydrogen (secondary N) is 2. The number of benzene rings is 2. The molecule has 0 bridgehead atoms. The van der Waals surface area contributed by atoms with Crippen molar-refractivity contribution >= 4 is 28.8 Å². The Labute approximate surface area is 203 Å². The van der Waals surface area contributed by atoms with Crippen LogP contribution in [0, 0.1) is 13.8 Å². The van der Waals surface area contributed by atoms with Gasteiger partial charge in [-0.05, 0) is 57.4 Å².